The van der Waals surface area contributed by atoms with Crippen LogP contribution < -0.4 is 5.32 Å². The monoisotopic (exact) mass is 271 g/mol. The van der Waals surface area contributed by atoms with Crippen LogP contribution in [-0.2, 0) is 12.8 Å². The summed E-state index contributed by atoms with van der Waals surface area (Å²) < 4.78 is 15.4. The summed E-state index contributed by atoms with van der Waals surface area (Å²) in [5.41, 5.74) is 4.58. The number of hydrogen-bond acceptors (Lipinski definition) is 2. The Kier molecular flexibility index (Phi) is 2.84. The second kappa shape index (κ2) is 4.70. The molecule has 1 fully saturated rings. The number of aryl methyl sites for hydroxylation is 2. The average molecular weight is 271 g/mol. The van der Waals surface area contributed by atoms with Gasteiger partial charge in [-0.2, -0.15) is 5.10 Å². The van der Waals surface area contributed by atoms with Gasteiger partial charge in [0, 0.05) is 11.6 Å². The van der Waals surface area contributed by atoms with Crippen molar-refractivity contribution in [1.29, 1.82) is 0 Å². The molecule has 0 unspecified atom stereocenters. The first-order valence-corrected chi connectivity index (χ1v) is 7.39. The van der Waals surface area contributed by atoms with Crippen molar-refractivity contribution in [2.24, 2.45) is 0 Å². The molecule has 104 valence electrons. The average Bonchev–Trinajstić information content (AvgIpc) is 2.92. The van der Waals surface area contributed by atoms with E-state index < -0.39 is 0 Å². The molecule has 0 radical (unpaired) electrons. The van der Waals surface area contributed by atoms with E-state index in [2.05, 4.69) is 11.4 Å². The minimum absolute atomic E-state index is 0.155. The van der Waals surface area contributed by atoms with Crippen LogP contribution >= 0.6 is 0 Å². The standard InChI is InChI=1S/C16H18FN3/c17-13-2-4-16-12(9-13)1-3-14-10-15(19-20(14)16)11-5-7-18-8-6-11/h2,4,9-11,18H,1,3,5-8H2. The lowest BCUT2D eigenvalue weighted by atomic mass is 9.94. The molecule has 20 heavy (non-hydrogen) atoms. The van der Waals surface area contributed by atoms with Crippen LogP contribution in [0.2, 0.25) is 0 Å². The zero-order chi connectivity index (χ0) is 13.5. The Morgan fingerprint density at radius 3 is 2.85 bits per heavy atom. The van der Waals surface area contributed by atoms with Crippen LogP contribution in [0.4, 0.5) is 4.39 Å². The van der Waals surface area contributed by atoms with E-state index in [9.17, 15) is 4.39 Å². The summed E-state index contributed by atoms with van der Waals surface area (Å²) in [5, 5.41) is 8.20. The third kappa shape index (κ3) is 1.95. The Morgan fingerprint density at radius 1 is 1.15 bits per heavy atom. The number of nitrogens with one attached hydrogen (secondary N) is 1. The maximum absolute atomic E-state index is 13.3. The number of hydrogen-bond donors (Lipinski definition) is 1. The minimum atomic E-state index is -0.155. The maximum atomic E-state index is 13.3. The third-order valence-electron chi connectivity index (χ3n) is 4.48. The van der Waals surface area contributed by atoms with E-state index >= 15 is 0 Å². The normalized spacial score (nSPS) is 18.6. The second-order valence-corrected chi connectivity index (χ2v) is 5.77. The number of fused-ring (bicyclic) bond motifs is 3. The lowest BCUT2D eigenvalue weighted by Gasteiger charge is -2.20. The lowest BCUT2D eigenvalue weighted by molar-refractivity contribution is 0.451. The SMILES string of the molecule is Fc1ccc2c(c1)CCc1cc(C3CCNCC3)nn1-2. The Balaban J connectivity index is 1.74. The number of aromatic nitrogens is 2. The number of rotatable bonds is 1. The molecule has 3 nitrogen and oxygen atoms in total. The predicted octanol–water partition coefficient (Wildman–Crippen LogP) is 2.58. The van der Waals surface area contributed by atoms with Crippen molar-refractivity contribution in [3.63, 3.8) is 0 Å². The van der Waals surface area contributed by atoms with Gasteiger partial charge in [0.05, 0.1) is 11.4 Å². The maximum Gasteiger partial charge on any atom is 0.123 e. The molecule has 4 heteroatoms. The Morgan fingerprint density at radius 2 is 2.00 bits per heavy atom. The van der Waals surface area contributed by atoms with E-state index in [1.807, 2.05) is 10.7 Å². The molecule has 0 bridgehead atoms. The van der Waals surface area contributed by atoms with Crippen LogP contribution in [0.1, 0.15) is 35.7 Å². The van der Waals surface area contributed by atoms with Gasteiger partial charge in [0.2, 0.25) is 0 Å². The summed E-state index contributed by atoms with van der Waals surface area (Å²) in [5.74, 6) is 0.413. The Hall–Kier alpha value is -1.68. The fourth-order valence-electron chi connectivity index (χ4n) is 3.37. The van der Waals surface area contributed by atoms with Gasteiger partial charge in [0.25, 0.3) is 0 Å². The van der Waals surface area contributed by atoms with Crippen molar-refractivity contribution in [2.45, 2.75) is 31.6 Å². The van der Waals surface area contributed by atoms with Crippen molar-refractivity contribution >= 4 is 0 Å². The Bertz CT molecular complexity index is 641. The second-order valence-electron chi connectivity index (χ2n) is 5.77. The van der Waals surface area contributed by atoms with E-state index in [-0.39, 0.29) is 5.82 Å². The molecule has 3 heterocycles. The van der Waals surface area contributed by atoms with Gasteiger partial charge in [0.1, 0.15) is 5.82 Å². The van der Waals surface area contributed by atoms with Crippen molar-refractivity contribution in [1.82, 2.24) is 15.1 Å². The van der Waals surface area contributed by atoms with Gasteiger partial charge in [0.15, 0.2) is 0 Å². The first-order valence-electron chi connectivity index (χ1n) is 7.39. The number of nitrogens with zero attached hydrogens (tertiary/aromatic N) is 2. The molecule has 2 aromatic rings. The van der Waals surface area contributed by atoms with Crippen LogP contribution in [0.5, 0.6) is 0 Å². The van der Waals surface area contributed by atoms with Crippen LogP contribution in [0.25, 0.3) is 5.69 Å². The van der Waals surface area contributed by atoms with E-state index in [1.54, 1.807) is 6.07 Å². The summed E-state index contributed by atoms with van der Waals surface area (Å²) in [6.07, 6.45) is 4.18. The van der Waals surface area contributed by atoms with Gasteiger partial charge >= 0.3 is 0 Å². The fourth-order valence-corrected chi connectivity index (χ4v) is 3.37. The molecule has 0 atom stereocenters. The quantitative estimate of drug-likeness (QED) is 0.864. The van der Waals surface area contributed by atoms with Crippen LogP contribution in [0, 0.1) is 5.82 Å². The number of piperidine rings is 1. The van der Waals surface area contributed by atoms with Crippen LogP contribution in [0.3, 0.4) is 0 Å². The molecule has 1 saturated heterocycles. The summed E-state index contributed by atoms with van der Waals surface area (Å²) in [4.78, 5) is 0. The van der Waals surface area contributed by atoms with E-state index in [0.29, 0.717) is 5.92 Å². The van der Waals surface area contributed by atoms with Crippen molar-refractivity contribution in [2.75, 3.05) is 13.1 Å². The molecular weight excluding hydrogens is 253 g/mol. The first-order chi connectivity index (χ1) is 9.81. The van der Waals surface area contributed by atoms with Crippen LogP contribution in [0.15, 0.2) is 24.3 Å². The molecule has 2 aliphatic heterocycles. The zero-order valence-electron chi connectivity index (χ0n) is 11.4. The molecule has 0 amide bonds. The fraction of sp³-hybridized carbons (Fsp3) is 0.438. The van der Waals surface area contributed by atoms with Gasteiger partial charge in [-0.3, -0.25) is 0 Å². The van der Waals surface area contributed by atoms with Gasteiger partial charge in [-0.25, -0.2) is 9.07 Å². The van der Waals surface area contributed by atoms with Crippen molar-refractivity contribution in [3.05, 3.63) is 47.0 Å². The van der Waals surface area contributed by atoms with Crippen molar-refractivity contribution in [3.8, 4) is 5.69 Å². The molecule has 1 aromatic carbocycles. The van der Waals surface area contributed by atoms with Gasteiger partial charge in [-0.1, -0.05) is 0 Å². The molecule has 0 aliphatic carbocycles. The van der Waals surface area contributed by atoms with Gasteiger partial charge in [-0.15, -0.1) is 0 Å². The van der Waals surface area contributed by atoms with Crippen LogP contribution in [-0.4, -0.2) is 22.9 Å². The lowest BCUT2D eigenvalue weighted by Crippen LogP contribution is -2.26. The Labute approximate surface area is 117 Å². The molecule has 0 spiro atoms. The highest BCUT2D eigenvalue weighted by atomic mass is 19.1. The number of benzene rings is 1. The molecule has 1 aromatic heterocycles. The summed E-state index contributed by atoms with van der Waals surface area (Å²) in [6, 6.07) is 7.28. The molecular formula is C16H18FN3. The highest BCUT2D eigenvalue weighted by Gasteiger charge is 2.23. The topological polar surface area (TPSA) is 29.9 Å². The van der Waals surface area contributed by atoms with Gasteiger partial charge < -0.3 is 5.32 Å². The summed E-state index contributed by atoms with van der Waals surface area (Å²) in [7, 11) is 0. The molecule has 1 N–H and O–H groups in total. The molecule has 2 aliphatic rings. The molecule has 4 rings (SSSR count). The highest BCUT2D eigenvalue weighted by Crippen LogP contribution is 2.30. The largest absolute Gasteiger partial charge is 0.317 e. The number of halogens is 1. The van der Waals surface area contributed by atoms with E-state index in [0.717, 1.165) is 50.0 Å². The highest BCUT2D eigenvalue weighted by molar-refractivity contribution is 5.45. The first kappa shape index (κ1) is 12.1. The summed E-state index contributed by atoms with van der Waals surface area (Å²) in [6.45, 7) is 2.16. The molecule has 0 saturated carbocycles. The van der Waals surface area contributed by atoms with E-state index in [1.165, 1.54) is 17.5 Å². The van der Waals surface area contributed by atoms with Crippen molar-refractivity contribution < 1.29 is 4.39 Å². The summed E-state index contributed by atoms with van der Waals surface area (Å²) >= 11 is 0. The minimum Gasteiger partial charge on any atom is -0.317 e. The van der Waals surface area contributed by atoms with Gasteiger partial charge in [-0.05, 0) is 68.6 Å². The van der Waals surface area contributed by atoms with E-state index in [4.69, 9.17) is 5.10 Å². The predicted molar refractivity (Wildman–Crippen MR) is 75.8 cm³/mol. The third-order valence-corrected chi connectivity index (χ3v) is 4.48. The smallest absolute Gasteiger partial charge is 0.123 e. The zero-order valence-corrected chi connectivity index (χ0v) is 11.4.